The molecular weight excluding hydrogens is 376 g/mol. The van der Waals surface area contributed by atoms with Gasteiger partial charge in [0.25, 0.3) is 5.91 Å². The van der Waals surface area contributed by atoms with E-state index in [1.807, 2.05) is 28.8 Å². The lowest BCUT2D eigenvalue weighted by atomic mass is 10.1. The van der Waals surface area contributed by atoms with Crippen LogP contribution in [-0.2, 0) is 9.53 Å². The number of amides is 3. The predicted octanol–water partition coefficient (Wildman–Crippen LogP) is 2.00. The Kier molecular flexibility index (Phi) is 6.18. The van der Waals surface area contributed by atoms with E-state index in [0.717, 1.165) is 16.4 Å². The third kappa shape index (κ3) is 4.40. The second kappa shape index (κ2) is 8.96. The molecule has 0 saturated carbocycles. The van der Waals surface area contributed by atoms with E-state index in [-0.39, 0.29) is 13.2 Å². The van der Waals surface area contributed by atoms with E-state index >= 15 is 0 Å². The monoisotopic (exact) mass is 398 g/mol. The van der Waals surface area contributed by atoms with Crippen molar-refractivity contribution in [3.05, 3.63) is 48.2 Å². The van der Waals surface area contributed by atoms with E-state index in [0.29, 0.717) is 17.9 Å². The van der Waals surface area contributed by atoms with Crippen LogP contribution < -0.4 is 20.9 Å². The van der Waals surface area contributed by atoms with Crippen LogP contribution in [0.5, 0.6) is 5.75 Å². The topological polar surface area (TPSA) is 110 Å². The number of carbonyl (C=O) groups is 3. The Bertz CT molecular complexity index is 1060. The summed E-state index contributed by atoms with van der Waals surface area (Å²) in [5, 5.41) is 3.21. The van der Waals surface area contributed by atoms with Crippen LogP contribution in [0, 0.1) is 0 Å². The first-order chi connectivity index (χ1) is 14.0. The quantitative estimate of drug-likeness (QED) is 0.435. The number of esters is 1. The lowest BCUT2D eigenvalue weighted by Gasteiger charge is -2.09. The molecule has 9 nitrogen and oxygen atoms in total. The largest absolute Gasteiger partial charge is 0.484 e. The Labute approximate surface area is 166 Å². The zero-order valence-corrected chi connectivity index (χ0v) is 16.2. The number of nitrogens with zero attached hydrogens (tertiary/aromatic N) is 1. The summed E-state index contributed by atoms with van der Waals surface area (Å²) in [6.45, 7) is 3.96. The normalized spacial score (nSPS) is 10.6. The van der Waals surface area contributed by atoms with Crippen molar-refractivity contribution in [2.75, 3.05) is 19.8 Å². The maximum absolute atomic E-state index is 12.4. The molecule has 0 radical (unpaired) electrons. The number of urea groups is 1. The third-order valence-corrected chi connectivity index (χ3v) is 4.12. The number of hydrogen-bond acceptors (Lipinski definition) is 5. The molecule has 0 aliphatic rings. The number of pyridine rings is 1. The van der Waals surface area contributed by atoms with Gasteiger partial charge in [0, 0.05) is 24.2 Å². The molecule has 0 aliphatic heterocycles. The van der Waals surface area contributed by atoms with Gasteiger partial charge >= 0.3 is 12.0 Å². The van der Waals surface area contributed by atoms with Crippen molar-refractivity contribution >= 4 is 34.3 Å². The Balaban J connectivity index is 1.80. The van der Waals surface area contributed by atoms with E-state index in [2.05, 4.69) is 16.2 Å². The number of fused-ring (bicyclic) bond motifs is 3. The number of benzene rings is 1. The predicted molar refractivity (Wildman–Crippen MR) is 107 cm³/mol. The highest BCUT2D eigenvalue weighted by atomic mass is 16.5. The molecule has 0 bridgehead atoms. The first kappa shape index (κ1) is 20.0. The third-order valence-electron chi connectivity index (χ3n) is 4.12. The SMILES string of the molecule is CCNC(=O)NNC(=O)COc1ccc2c(C(=O)OCC)c3ccccn3c2c1. The van der Waals surface area contributed by atoms with Gasteiger partial charge in [-0.05, 0) is 38.1 Å². The maximum atomic E-state index is 12.4. The molecule has 3 rings (SSSR count). The van der Waals surface area contributed by atoms with Crippen LogP contribution in [0.15, 0.2) is 42.6 Å². The Morgan fingerprint density at radius 2 is 1.86 bits per heavy atom. The average molecular weight is 398 g/mol. The molecule has 29 heavy (non-hydrogen) atoms. The summed E-state index contributed by atoms with van der Waals surface area (Å²) < 4.78 is 12.6. The Morgan fingerprint density at radius 3 is 2.62 bits per heavy atom. The first-order valence-corrected chi connectivity index (χ1v) is 9.20. The second-order valence-corrected chi connectivity index (χ2v) is 6.05. The lowest BCUT2D eigenvalue weighted by Crippen LogP contribution is -2.48. The first-order valence-electron chi connectivity index (χ1n) is 9.20. The number of ether oxygens (including phenoxy) is 2. The van der Waals surface area contributed by atoms with E-state index in [1.165, 1.54) is 0 Å². The Morgan fingerprint density at radius 1 is 1.03 bits per heavy atom. The number of rotatable bonds is 6. The highest BCUT2D eigenvalue weighted by Gasteiger charge is 2.19. The lowest BCUT2D eigenvalue weighted by molar-refractivity contribution is -0.123. The van der Waals surface area contributed by atoms with Crippen LogP contribution >= 0.6 is 0 Å². The molecule has 3 aromatic rings. The smallest absolute Gasteiger partial charge is 0.340 e. The molecule has 2 heterocycles. The minimum Gasteiger partial charge on any atom is -0.484 e. The minimum atomic E-state index is -0.511. The van der Waals surface area contributed by atoms with E-state index in [1.54, 1.807) is 32.0 Å². The van der Waals surface area contributed by atoms with Crippen molar-refractivity contribution in [2.24, 2.45) is 0 Å². The minimum absolute atomic E-state index is 0.283. The highest BCUT2D eigenvalue weighted by Crippen LogP contribution is 2.30. The number of hydrazine groups is 1. The molecule has 0 fully saturated rings. The number of nitrogens with one attached hydrogen (secondary N) is 3. The van der Waals surface area contributed by atoms with Crippen LogP contribution in [0.4, 0.5) is 4.79 Å². The number of carbonyl (C=O) groups excluding carboxylic acids is 3. The van der Waals surface area contributed by atoms with Gasteiger partial charge in [0.05, 0.1) is 23.2 Å². The fourth-order valence-electron chi connectivity index (χ4n) is 2.94. The molecule has 0 aliphatic carbocycles. The summed E-state index contributed by atoms with van der Waals surface area (Å²) in [7, 11) is 0. The van der Waals surface area contributed by atoms with Gasteiger partial charge in [0.2, 0.25) is 0 Å². The average Bonchev–Trinajstić information content (AvgIpc) is 3.05. The van der Waals surface area contributed by atoms with Gasteiger partial charge in [-0.3, -0.25) is 10.2 Å². The molecule has 0 atom stereocenters. The second-order valence-electron chi connectivity index (χ2n) is 6.05. The Hall–Kier alpha value is -3.75. The zero-order chi connectivity index (χ0) is 20.8. The molecule has 0 unspecified atom stereocenters. The van der Waals surface area contributed by atoms with Crippen molar-refractivity contribution in [1.29, 1.82) is 0 Å². The van der Waals surface area contributed by atoms with Crippen LogP contribution in [0.3, 0.4) is 0 Å². The summed E-state index contributed by atoms with van der Waals surface area (Å²) in [5.41, 5.74) is 6.42. The molecule has 9 heteroatoms. The van der Waals surface area contributed by atoms with E-state index in [4.69, 9.17) is 9.47 Å². The van der Waals surface area contributed by atoms with Crippen molar-refractivity contribution in [2.45, 2.75) is 13.8 Å². The van der Waals surface area contributed by atoms with E-state index in [9.17, 15) is 14.4 Å². The number of aromatic nitrogens is 1. The molecule has 0 saturated heterocycles. The number of hydrogen-bond donors (Lipinski definition) is 3. The van der Waals surface area contributed by atoms with Crippen LogP contribution in [-0.4, -0.2) is 42.1 Å². The fourth-order valence-corrected chi connectivity index (χ4v) is 2.94. The molecule has 2 aromatic heterocycles. The zero-order valence-electron chi connectivity index (χ0n) is 16.2. The highest BCUT2D eigenvalue weighted by molar-refractivity contribution is 6.11. The van der Waals surface area contributed by atoms with Gasteiger partial charge in [-0.25, -0.2) is 15.0 Å². The van der Waals surface area contributed by atoms with Crippen LogP contribution in [0.25, 0.3) is 16.4 Å². The van der Waals surface area contributed by atoms with Gasteiger partial charge in [-0.1, -0.05) is 6.07 Å². The van der Waals surface area contributed by atoms with E-state index < -0.39 is 17.9 Å². The molecule has 3 N–H and O–H groups in total. The summed E-state index contributed by atoms with van der Waals surface area (Å²) in [6.07, 6.45) is 1.84. The molecular formula is C20H22N4O5. The van der Waals surface area contributed by atoms with Gasteiger partial charge < -0.3 is 19.2 Å². The summed E-state index contributed by atoms with van der Waals surface area (Å²) in [5.74, 6) is -0.455. The standard InChI is InChI=1S/C20H22N4O5/c1-3-21-20(27)23-22-17(25)12-29-13-8-9-14-16(11-13)24-10-6-5-7-15(24)18(14)19(26)28-4-2/h5-11H,3-4,12H2,1-2H3,(H,22,25)(H2,21,23,27). The summed E-state index contributed by atoms with van der Waals surface area (Å²) in [6, 6.07) is 10.2. The van der Waals surface area contributed by atoms with Gasteiger partial charge in [0.1, 0.15) is 5.75 Å². The summed E-state index contributed by atoms with van der Waals surface area (Å²) in [4.78, 5) is 35.5. The molecule has 152 valence electrons. The van der Waals surface area contributed by atoms with Gasteiger partial charge in [-0.2, -0.15) is 0 Å². The molecule has 0 spiro atoms. The van der Waals surface area contributed by atoms with Crippen LogP contribution in [0.1, 0.15) is 24.2 Å². The molecule has 1 aromatic carbocycles. The van der Waals surface area contributed by atoms with Crippen LogP contribution in [0.2, 0.25) is 0 Å². The maximum Gasteiger partial charge on any atom is 0.340 e. The van der Waals surface area contributed by atoms with Crippen molar-refractivity contribution < 1.29 is 23.9 Å². The van der Waals surface area contributed by atoms with Gasteiger partial charge in [0.15, 0.2) is 6.61 Å². The molecule has 3 amide bonds. The van der Waals surface area contributed by atoms with Crippen molar-refractivity contribution in [3.63, 3.8) is 0 Å². The summed E-state index contributed by atoms with van der Waals surface area (Å²) >= 11 is 0. The fraction of sp³-hybridized carbons (Fsp3) is 0.250. The van der Waals surface area contributed by atoms with Crippen molar-refractivity contribution in [1.82, 2.24) is 20.6 Å². The van der Waals surface area contributed by atoms with Gasteiger partial charge in [-0.15, -0.1) is 0 Å². The van der Waals surface area contributed by atoms with Crippen molar-refractivity contribution in [3.8, 4) is 5.75 Å².